The Morgan fingerprint density at radius 2 is 1.51 bits per heavy atom. The molecular formula is C41H63NO14S. The average Bonchev–Trinajstić information content (AvgIpc) is 3.82. The van der Waals surface area contributed by atoms with Crippen LogP contribution in [-0.4, -0.2) is 147 Å². The van der Waals surface area contributed by atoms with E-state index in [2.05, 4.69) is 20.1 Å². The number of rotatable bonds is 4. The monoisotopic (exact) mass is 825 g/mol. The van der Waals surface area contributed by atoms with Gasteiger partial charge in [-0.15, -0.1) is 0 Å². The Kier molecular flexibility index (Phi) is 12.5. The van der Waals surface area contributed by atoms with Crippen molar-refractivity contribution >= 4 is 15.9 Å². The van der Waals surface area contributed by atoms with Gasteiger partial charge in [-0.25, -0.2) is 0 Å². The number of hydrogen-bond acceptors (Lipinski definition) is 14. The number of carbonyl (C=O) groups is 1. The molecule has 10 rings (SSSR count). The van der Waals surface area contributed by atoms with Gasteiger partial charge in [-0.2, -0.15) is 8.42 Å². The van der Waals surface area contributed by atoms with Crippen molar-refractivity contribution in [2.75, 3.05) is 19.9 Å². The lowest BCUT2D eigenvalue weighted by Gasteiger charge is -2.47. The van der Waals surface area contributed by atoms with Crippen LogP contribution in [-0.2, 0) is 57.5 Å². The van der Waals surface area contributed by atoms with Crippen molar-refractivity contribution in [1.29, 1.82) is 0 Å². The van der Waals surface area contributed by atoms with E-state index in [0.29, 0.717) is 31.9 Å². The van der Waals surface area contributed by atoms with E-state index in [1.54, 1.807) is 7.11 Å². The Hall–Kier alpha value is -1.38. The molecule has 4 N–H and O–H groups in total. The van der Waals surface area contributed by atoms with Gasteiger partial charge in [0.1, 0.15) is 36.3 Å². The van der Waals surface area contributed by atoms with Gasteiger partial charge in [-0.3, -0.25) is 9.35 Å². The first-order valence-corrected chi connectivity index (χ1v) is 22.9. The molecule has 0 aromatic heterocycles. The van der Waals surface area contributed by atoms with Crippen LogP contribution < -0.4 is 5.73 Å². The molecule has 0 amide bonds. The van der Waals surface area contributed by atoms with Crippen LogP contribution in [0, 0.1) is 11.8 Å². The lowest BCUT2D eigenvalue weighted by Crippen LogP contribution is -2.61. The molecule has 10 aliphatic heterocycles. The number of hydrogen-bond donors (Lipinski definition) is 3. The van der Waals surface area contributed by atoms with Crippen molar-refractivity contribution in [1.82, 2.24) is 0 Å². The van der Waals surface area contributed by atoms with Crippen molar-refractivity contribution in [3.05, 3.63) is 24.3 Å². The summed E-state index contributed by atoms with van der Waals surface area (Å²) < 4.78 is 85.9. The number of aliphatic hydroxyl groups is 1. The molecule has 19 atom stereocenters. The number of methoxy groups -OCH3 is 1. The third-order valence-electron chi connectivity index (χ3n) is 14.0. The summed E-state index contributed by atoms with van der Waals surface area (Å²) >= 11 is 0. The summed E-state index contributed by atoms with van der Waals surface area (Å²) in [6.07, 6.45) is 5.57. The second-order valence-corrected chi connectivity index (χ2v) is 19.6. The Morgan fingerprint density at radius 3 is 2.26 bits per heavy atom. The standard InChI is InChI=1S/C40H59NO11.CH4O3S/c1-19-11-24-5-7-28-20(2)12-26(45-28)9-10-40-17-33-36(51-40)37-38(50-33)39(52-40)35-29(49-37)8-6-25(47-35)13-22(42)14-27-31(16-30(46-24)21(19)3)48-32(34(27)44-4)15-23(43)18-41;1-5(2,3)4/h19,23-39,43H,2-3,5-18,41H2,1,4H3;1H3,(H,2,3,4)/t19?,23-,24?,25?,26?,27?,28?,29?,30?,31?,32?,33?,34?,35?,36?,37?,38?,39?,40?;/m0./s1. The number of fused-ring (bicyclic) bond motifs is 6. The molecule has 0 aromatic rings. The third-order valence-corrected chi connectivity index (χ3v) is 14.0. The van der Waals surface area contributed by atoms with Gasteiger partial charge in [-0.1, -0.05) is 20.1 Å². The number of ketones is 1. The summed E-state index contributed by atoms with van der Waals surface area (Å²) in [4.78, 5) is 14.1. The van der Waals surface area contributed by atoms with Gasteiger partial charge in [-0.05, 0) is 62.0 Å². The predicted molar refractivity (Wildman–Crippen MR) is 204 cm³/mol. The zero-order chi connectivity index (χ0) is 40.4. The Bertz CT molecular complexity index is 1600. The van der Waals surface area contributed by atoms with E-state index in [0.717, 1.165) is 56.1 Å². The van der Waals surface area contributed by atoms with Gasteiger partial charge in [0.05, 0.1) is 73.4 Å². The van der Waals surface area contributed by atoms with Gasteiger partial charge in [0.15, 0.2) is 5.79 Å². The molecule has 0 radical (unpaired) electrons. The van der Waals surface area contributed by atoms with E-state index < -0.39 is 28.1 Å². The number of Topliss-reactive ketones (excluding diaryl/α,β-unsaturated/α-hetero) is 1. The fourth-order valence-corrected chi connectivity index (χ4v) is 11.3. The molecule has 0 aliphatic carbocycles. The van der Waals surface area contributed by atoms with E-state index in [4.69, 9.17) is 52.9 Å². The molecule has 57 heavy (non-hydrogen) atoms. The highest BCUT2D eigenvalue weighted by Crippen LogP contribution is 2.54. The Labute approximate surface area is 336 Å². The zero-order valence-electron chi connectivity index (χ0n) is 33.5. The van der Waals surface area contributed by atoms with Crippen LogP contribution in [0.15, 0.2) is 24.3 Å². The largest absolute Gasteiger partial charge is 0.392 e. The molecular weight excluding hydrogens is 763 g/mol. The number of carbonyl (C=O) groups excluding carboxylic acids is 1. The summed E-state index contributed by atoms with van der Waals surface area (Å²) in [5.41, 5.74) is 8.01. The van der Waals surface area contributed by atoms with Crippen LogP contribution in [0.25, 0.3) is 0 Å². The fraction of sp³-hybridized carbons (Fsp3) is 0.878. The topological polar surface area (TPSA) is 201 Å². The van der Waals surface area contributed by atoms with Crippen molar-refractivity contribution < 1.29 is 65.5 Å². The highest BCUT2D eigenvalue weighted by Gasteiger charge is 2.68. The molecule has 322 valence electrons. The molecule has 15 nitrogen and oxygen atoms in total. The molecule has 10 fully saturated rings. The highest BCUT2D eigenvalue weighted by molar-refractivity contribution is 7.85. The second-order valence-electron chi connectivity index (χ2n) is 18.2. The van der Waals surface area contributed by atoms with Crippen molar-refractivity contribution in [3.8, 4) is 0 Å². The maximum Gasteiger partial charge on any atom is 0.261 e. The molecule has 0 aromatic carbocycles. The first kappa shape index (κ1) is 42.3. The van der Waals surface area contributed by atoms with E-state index in [-0.39, 0.29) is 122 Å². The van der Waals surface area contributed by atoms with E-state index >= 15 is 0 Å². The smallest absolute Gasteiger partial charge is 0.261 e. The lowest BCUT2D eigenvalue weighted by molar-refractivity contribution is -0.292. The van der Waals surface area contributed by atoms with Crippen LogP contribution in [0.5, 0.6) is 0 Å². The minimum absolute atomic E-state index is 0.0158. The molecule has 16 heteroatoms. The van der Waals surface area contributed by atoms with E-state index in [1.165, 1.54) is 0 Å². The summed E-state index contributed by atoms with van der Waals surface area (Å²) in [7, 11) is -2.01. The maximum atomic E-state index is 14.1. The highest BCUT2D eigenvalue weighted by atomic mass is 32.2. The molecule has 10 heterocycles. The van der Waals surface area contributed by atoms with Gasteiger partial charge in [0.25, 0.3) is 10.1 Å². The summed E-state index contributed by atoms with van der Waals surface area (Å²) in [5, 5.41) is 10.5. The maximum absolute atomic E-state index is 14.1. The first-order valence-electron chi connectivity index (χ1n) is 21.1. The van der Waals surface area contributed by atoms with Crippen LogP contribution in [0.4, 0.5) is 0 Å². The Balaban J connectivity index is 0.000000859. The zero-order valence-corrected chi connectivity index (χ0v) is 34.3. The van der Waals surface area contributed by atoms with Crippen LogP contribution in [0.2, 0.25) is 0 Å². The summed E-state index contributed by atoms with van der Waals surface area (Å²) in [6, 6.07) is 0. The van der Waals surface area contributed by atoms with Crippen LogP contribution in [0.3, 0.4) is 0 Å². The minimum Gasteiger partial charge on any atom is -0.392 e. The van der Waals surface area contributed by atoms with E-state index in [9.17, 15) is 18.3 Å². The van der Waals surface area contributed by atoms with E-state index in [1.807, 2.05) is 0 Å². The lowest BCUT2D eigenvalue weighted by atomic mass is 9.81. The number of aliphatic hydroxyl groups excluding tert-OH is 1. The fourth-order valence-electron chi connectivity index (χ4n) is 11.3. The van der Waals surface area contributed by atoms with Crippen LogP contribution >= 0.6 is 0 Å². The molecule has 1 spiro atoms. The molecule has 0 saturated carbocycles. The summed E-state index contributed by atoms with van der Waals surface area (Å²) in [6.45, 7) is 11.3. The van der Waals surface area contributed by atoms with Crippen molar-refractivity contribution in [2.24, 2.45) is 17.6 Å². The predicted octanol–water partition coefficient (Wildman–Crippen LogP) is 2.94. The first-order chi connectivity index (χ1) is 27.1. The summed E-state index contributed by atoms with van der Waals surface area (Å²) in [5.74, 6) is -0.619. The average molecular weight is 826 g/mol. The number of nitrogens with two attached hydrogens (primary N) is 1. The second kappa shape index (κ2) is 16.8. The molecule has 10 aliphatic rings. The normalized spacial score (nSPS) is 48.8. The molecule has 10 saturated heterocycles. The SMILES string of the molecule is C=C1CC2CCC34CC5OC6C(OC7CCC(CC(=O)CC8C(CC9OC(CCC1O2)CC(C)C9=C)OC(C[C@H](O)CN)C8OC)OC7C6O3)C5O4.CS(=O)(=O)O. The molecule has 12 bridgehead atoms. The van der Waals surface area contributed by atoms with Crippen molar-refractivity contribution in [2.45, 2.75) is 194 Å². The number of ether oxygens (including phenoxy) is 9. The van der Waals surface area contributed by atoms with Gasteiger partial charge >= 0.3 is 0 Å². The van der Waals surface area contributed by atoms with Crippen molar-refractivity contribution in [3.63, 3.8) is 0 Å². The third kappa shape index (κ3) is 9.00. The molecule has 18 unspecified atom stereocenters. The van der Waals surface area contributed by atoms with Crippen LogP contribution in [0.1, 0.15) is 90.4 Å². The van der Waals surface area contributed by atoms with Gasteiger partial charge < -0.3 is 53.5 Å². The van der Waals surface area contributed by atoms with Gasteiger partial charge in [0, 0.05) is 58.1 Å². The quantitative estimate of drug-likeness (QED) is 0.276. The van der Waals surface area contributed by atoms with Gasteiger partial charge in [0.2, 0.25) is 0 Å². The Morgan fingerprint density at radius 1 is 0.825 bits per heavy atom. The minimum atomic E-state index is -3.67.